The minimum absolute atomic E-state index is 0.0839. The molecule has 198 valence electrons. The zero-order chi connectivity index (χ0) is 27.0. The summed E-state index contributed by atoms with van der Waals surface area (Å²) in [7, 11) is -2.95. The first kappa shape index (κ1) is 25.2. The van der Waals surface area contributed by atoms with Crippen LogP contribution in [0.1, 0.15) is 17.8 Å². The zero-order valence-electron chi connectivity index (χ0n) is 21.2. The van der Waals surface area contributed by atoms with Crippen molar-refractivity contribution in [1.82, 2.24) is 19.7 Å². The Morgan fingerprint density at radius 2 is 1.90 bits per heavy atom. The molecule has 2 N–H and O–H groups in total. The molecule has 0 spiro atoms. The summed E-state index contributed by atoms with van der Waals surface area (Å²) in [5, 5.41) is 10.9. The number of carbonyl (C=O) groups excluding carboxylic acids is 1. The Balaban J connectivity index is 1.20. The standard InChI is InChI=1S/C28H26N6O3S2/c1-18-3-2-4-27(30-18)34-25(19-5-10-24-26(13-19)38-17-29-24)14-23(33-34)15-28(35)32-21-8-6-20(7-9-21)31-22-11-12-39(36,37)16-22/h2-10,13-14,17,22,31H,11-12,15-16H2,1H3,(H,32,35). The topological polar surface area (TPSA) is 119 Å². The highest BCUT2D eigenvalue weighted by Gasteiger charge is 2.27. The van der Waals surface area contributed by atoms with Gasteiger partial charge in [-0.15, -0.1) is 11.3 Å². The highest BCUT2D eigenvalue weighted by atomic mass is 32.2. The van der Waals surface area contributed by atoms with E-state index in [0.29, 0.717) is 23.6 Å². The minimum Gasteiger partial charge on any atom is -0.381 e. The van der Waals surface area contributed by atoms with Crippen LogP contribution in [-0.4, -0.2) is 51.6 Å². The Morgan fingerprint density at radius 3 is 2.67 bits per heavy atom. The Morgan fingerprint density at radius 1 is 1.08 bits per heavy atom. The number of carbonyl (C=O) groups is 1. The molecule has 1 saturated heterocycles. The van der Waals surface area contributed by atoms with E-state index in [1.54, 1.807) is 28.2 Å². The molecular formula is C28H26N6O3S2. The zero-order valence-corrected chi connectivity index (χ0v) is 22.8. The molecule has 1 aliphatic rings. The molecule has 1 atom stereocenters. The molecule has 0 aliphatic carbocycles. The van der Waals surface area contributed by atoms with E-state index in [4.69, 9.17) is 5.10 Å². The van der Waals surface area contributed by atoms with E-state index in [9.17, 15) is 13.2 Å². The lowest BCUT2D eigenvalue weighted by molar-refractivity contribution is -0.115. The van der Waals surface area contributed by atoms with Gasteiger partial charge in [0.25, 0.3) is 0 Å². The van der Waals surface area contributed by atoms with E-state index in [-0.39, 0.29) is 29.9 Å². The predicted octanol–water partition coefficient (Wildman–Crippen LogP) is 4.63. The van der Waals surface area contributed by atoms with Crippen molar-refractivity contribution in [3.8, 4) is 17.1 Å². The third-order valence-electron chi connectivity index (χ3n) is 6.59. The first-order valence-corrected chi connectivity index (χ1v) is 15.2. The van der Waals surface area contributed by atoms with Gasteiger partial charge in [-0.1, -0.05) is 12.1 Å². The number of rotatable bonds is 7. The fourth-order valence-electron chi connectivity index (χ4n) is 4.72. The molecule has 5 aromatic rings. The van der Waals surface area contributed by atoms with Crippen LogP contribution in [0.15, 0.2) is 72.2 Å². The summed E-state index contributed by atoms with van der Waals surface area (Å²) in [4.78, 5) is 22.0. The van der Waals surface area contributed by atoms with Crippen molar-refractivity contribution in [2.24, 2.45) is 0 Å². The van der Waals surface area contributed by atoms with Crippen LogP contribution in [-0.2, 0) is 21.1 Å². The molecule has 1 unspecified atom stereocenters. The summed E-state index contributed by atoms with van der Waals surface area (Å²) in [5.74, 6) is 0.856. The van der Waals surface area contributed by atoms with Gasteiger partial charge in [-0.2, -0.15) is 5.10 Å². The molecule has 1 fully saturated rings. The van der Waals surface area contributed by atoms with Crippen molar-refractivity contribution in [3.05, 3.63) is 83.6 Å². The number of sulfone groups is 1. The fraction of sp³-hybridized carbons (Fsp3) is 0.214. The second-order valence-electron chi connectivity index (χ2n) is 9.65. The number of hydrogen-bond acceptors (Lipinski definition) is 8. The van der Waals surface area contributed by atoms with Gasteiger partial charge in [-0.25, -0.2) is 23.1 Å². The summed E-state index contributed by atoms with van der Waals surface area (Å²) in [6, 6.07) is 21.0. The number of thiazole rings is 1. The van der Waals surface area contributed by atoms with Gasteiger partial charge in [0.2, 0.25) is 5.91 Å². The van der Waals surface area contributed by atoms with Crippen LogP contribution in [0, 0.1) is 6.92 Å². The van der Waals surface area contributed by atoms with E-state index in [0.717, 1.165) is 32.9 Å². The highest BCUT2D eigenvalue weighted by molar-refractivity contribution is 7.91. The Kier molecular flexibility index (Phi) is 6.61. The van der Waals surface area contributed by atoms with Crippen LogP contribution in [0.25, 0.3) is 27.3 Å². The van der Waals surface area contributed by atoms with Crippen molar-refractivity contribution in [2.45, 2.75) is 25.8 Å². The summed E-state index contributed by atoms with van der Waals surface area (Å²) in [6.45, 7) is 1.93. The normalized spacial score (nSPS) is 16.4. The van der Waals surface area contributed by atoms with Gasteiger partial charge < -0.3 is 10.6 Å². The molecule has 1 amide bonds. The van der Waals surface area contributed by atoms with Gasteiger partial charge in [0, 0.05) is 28.7 Å². The van der Waals surface area contributed by atoms with Gasteiger partial charge in [-0.05, 0) is 67.9 Å². The molecule has 9 nitrogen and oxygen atoms in total. The van der Waals surface area contributed by atoms with E-state index >= 15 is 0 Å². The maximum Gasteiger partial charge on any atom is 0.230 e. The predicted molar refractivity (Wildman–Crippen MR) is 154 cm³/mol. The lowest BCUT2D eigenvalue weighted by Gasteiger charge is -2.13. The molecule has 2 aromatic carbocycles. The molecule has 39 heavy (non-hydrogen) atoms. The molecule has 3 aromatic heterocycles. The van der Waals surface area contributed by atoms with Crippen molar-refractivity contribution in [2.75, 3.05) is 22.1 Å². The van der Waals surface area contributed by atoms with E-state index in [1.165, 1.54) is 0 Å². The maximum absolute atomic E-state index is 12.9. The number of amides is 1. The number of fused-ring (bicyclic) bond motifs is 1. The van der Waals surface area contributed by atoms with Crippen LogP contribution in [0.5, 0.6) is 0 Å². The smallest absolute Gasteiger partial charge is 0.230 e. The largest absolute Gasteiger partial charge is 0.381 e. The molecule has 0 bridgehead atoms. The Labute approximate surface area is 229 Å². The number of nitrogens with zero attached hydrogens (tertiary/aromatic N) is 4. The van der Waals surface area contributed by atoms with Crippen molar-refractivity contribution >= 4 is 48.7 Å². The second-order valence-corrected chi connectivity index (χ2v) is 12.8. The third-order valence-corrected chi connectivity index (χ3v) is 9.15. The summed E-state index contributed by atoms with van der Waals surface area (Å²) < 4.78 is 26.2. The Bertz CT molecular complexity index is 1780. The number of hydrogen-bond donors (Lipinski definition) is 2. The highest BCUT2D eigenvalue weighted by Crippen LogP contribution is 2.29. The monoisotopic (exact) mass is 558 g/mol. The van der Waals surface area contributed by atoms with Gasteiger partial charge in [0.1, 0.15) is 0 Å². The van der Waals surface area contributed by atoms with E-state index in [1.807, 2.05) is 61.0 Å². The maximum atomic E-state index is 12.9. The number of aromatic nitrogens is 4. The van der Waals surface area contributed by atoms with Crippen LogP contribution >= 0.6 is 11.3 Å². The van der Waals surface area contributed by atoms with Gasteiger partial charge in [0.15, 0.2) is 15.7 Å². The Hall–Kier alpha value is -4.09. The van der Waals surface area contributed by atoms with Crippen LogP contribution in [0.4, 0.5) is 11.4 Å². The fourth-order valence-corrected chi connectivity index (χ4v) is 7.11. The van der Waals surface area contributed by atoms with Crippen LogP contribution < -0.4 is 10.6 Å². The van der Waals surface area contributed by atoms with Gasteiger partial charge in [0.05, 0.1) is 45.0 Å². The lowest BCUT2D eigenvalue weighted by Crippen LogP contribution is -2.20. The molecule has 4 heterocycles. The molecule has 11 heteroatoms. The van der Waals surface area contributed by atoms with Crippen molar-refractivity contribution in [1.29, 1.82) is 0 Å². The van der Waals surface area contributed by atoms with Crippen molar-refractivity contribution < 1.29 is 13.2 Å². The van der Waals surface area contributed by atoms with Crippen molar-refractivity contribution in [3.63, 3.8) is 0 Å². The molecule has 1 aliphatic heterocycles. The number of nitrogens with one attached hydrogen (secondary N) is 2. The quantitative estimate of drug-likeness (QED) is 0.299. The number of aryl methyl sites for hydroxylation is 1. The third kappa shape index (κ3) is 5.69. The number of benzene rings is 2. The lowest BCUT2D eigenvalue weighted by atomic mass is 10.1. The molecule has 0 saturated carbocycles. The van der Waals surface area contributed by atoms with Crippen LogP contribution in [0.3, 0.4) is 0 Å². The number of pyridine rings is 1. The summed E-state index contributed by atoms with van der Waals surface area (Å²) in [5.41, 5.74) is 7.54. The number of anilines is 2. The van der Waals surface area contributed by atoms with Crippen LogP contribution in [0.2, 0.25) is 0 Å². The average molecular weight is 559 g/mol. The van der Waals surface area contributed by atoms with Gasteiger partial charge >= 0.3 is 0 Å². The molecule has 0 radical (unpaired) electrons. The van der Waals surface area contributed by atoms with E-state index < -0.39 is 9.84 Å². The summed E-state index contributed by atoms with van der Waals surface area (Å²) in [6.07, 6.45) is 0.695. The first-order chi connectivity index (χ1) is 18.8. The average Bonchev–Trinajstić information content (AvgIpc) is 3.63. The minimum atomic E-state index is -2.95. The molecular weight excluding hydrogens is 532 g/mol. The second kappa shape index (κ2) is 10.2. The first-order valence-electron chi connectivity index (χ1n) is 12.5. The molecule has 6 rings (SSSR count). The SMILES string of the molecule is Cc1cccc(-n2nc(CC(=O)Nc3ccc(NC4CCS(=O)(=O)C4)cc3)cc2-c2ccc3ncsc3c2)n1. The van der Waals surface area contributed by atoms with Gasteiger partial charge in [-0.3, -0.25) is 4.79 Å². The van der Waals surface area contributed by atoms with E-state index in [2.05, 4.69) is 26.7 Å². The summed E-state index contributed by atoms with van der Waals surface area (Å²) >= 11 is 1.58.